The van der Waals surface area contributed by atoms with Crippen LogP contribution >= 0.6 is 0 Å². The minimum atomic E-state index is -0.479. The Hall–Kier alpha value is -1.86. The monoisotopic (exact) mass is 217 g/mol. The first-order valence-electron chi connectivity index (χ1n) is 5.08. The normalized spacial score (nSPS) is 22.2. The fraction of sp³-hybridized carbons (Fsp3) is 0.333. The van der Waals surface area contributed by atoms with Crippen molar-refractivity contribution in [2.45, 2.75) is 19.1 Å². The van der Waals surface area contributed by atoms with Crippen molar-refractivity contribution >= 4 is 5.97 Å². The van der Waals surface area contributed by atoms with Crippen molar-refractivity contribution in [1.29, 1.82) is 5.26 Å². The highest BCUT2D eigenvalue weighted by Gasteiger charge is 2.47. The van der Waals surface area contributed by atoms with Gasteiger partial charge < -0.3 is 9.47 Å². The van der Waals surface area contributed by atoms with E-state index >= 15 is 0 Å². The van der Waals surface area contributed by atoms with E-state index in [2.05, 4.69) is 0 Å². The molecule has 1 aromatic carbocycles. The van der Waals surface area contributed by atoms with Crippen molar-refractivity contribution in [1.82, 2.24) is 0 Å². The Morgan fingerprint density at radius 1 is 1.50 bits per heavy atom. The molecule has 0 spiro atoms. The molecule has 1 heterocycles. The van der Waals surface area contributed by atoms with Gasteiger partial charge in [0, 0.05) is 0 Å². The van der Waals surface area contributed by atoms with E-state index in [1.54, 1.807) is 31.2 Å². The van der Waals surface area contributed by atoms with Gasteiger partial charge in [-0.25, -0.2) is 4.79 Å². The molecule has 2 rings (SSSR count). The van der Waals surface area contributed by atoms with Gasteiger partial charge in [0.05, 0.1) is 18.2 Å². The lowest BCUT2D eigenvalue weighted by atomic mass is 10.1. The first-order valence-corrected chi connectivity index (χ1v) is 5.08. The van der Waals surface area contributed by atoms with Crippen molar-refractivity contribution < 1.29 is 14.3 Å². The summed E-state index contributed by atoms with van der Waals surface area (Å²) in [5.41, 5.74) is 1.49. The molecule has 4 heteroatoms. The number of carbonyl (C=O) groups is 1. The Labute approximate surface area is 93.4 Å². The van der Waals surface area contributed by atoms with Gasteiger partial charge in [-0.15, -0.1) is 0 Å². The highest BCUT2D eigenvalue weighted by atomic mass is 16.6. The maximum absolute atomic E-state index is 11.3. The number of hydrogen-bond donors (Lipinski definition) is 0. The summed E-state index contributed by atoms with van der Waals surface area (Å²) >= 11 is 0. The fourth-order valence-corrected chi connectivity index (χ4v) is 1.52. The van der Waals surface area contributed by atoms with Crippen LogP contribution in [-0.4, -0.2) is 18.7 Å². The average molecular weight is 217 g/mol. The van der Waals surface area contributed by atoms with Crippen LogP contribution in [0.2, 0.25) is 0 Å². The van der Waals surface area contributed by atoms with Gasteiger partial charge in [0.1, 0.15) is 6.10 Å². The van der Waals surface area contributed by atoms with E-state index in [4.69, 9.17) is 14.7 Å². The molecule has 1 fully saturated rings. The molecule has 82 valence electrons. The lowest BCUT2D eigenvalue weighted by molar-refractivity contribution is -0.144. The molecule has 0 aromatic heterocycles. The van der Waals surface area contributed by atoms with E-state index in [-0.39, 0.29) is 12.1 Å². The first-order chi connectivity index (χ1) is 7.76. The molecular weight excluding hydrogens is 206 g/mol. The Balaban J connectivity index is 2.01. The Bertz CT molecular complexity index is 433. The summed E-state index contributed by atoms with van der Waals surface area (Å²) in [4.78, 5) is 11.3. The van der Waals surface area contributed by atoms with Gasteiger partial charge >= 0.3 is 5.97 Å². The lowest BCUT2D eigenvalue weighted by Gasteiger charge is -1.97. The molecule has 1 saturated heterocycles. The fourth-order valence-electron chi connectivity index (χ4n) is 1.52. The van der Waals surface area contributed by atoms with Crippen LogP contribution in [0.4, 0.5) is 0 Å². The van der Waals surface area contributed by atoms with Crippen LogP contribution in [-0.2, 0) is 14.3 Å². The van der Waals surface area contributed by atoms with Gasteiger partial charge in [-0.1, -0.05) is 12.1 Å². The molecule has 1 aromatic rings. The number of epoxide rings is 1. The third-order valence-corrected chi connectivity index (χ3v) is 2.38. The smallest absolute Gasteiger partial charge is 0.338 e. The zero-order chi connectivity index (χ0) is 11.5. The van der Waals surface area contributed by atoms with Crippen LogP contribution in [0.25, 0.3) is 0 Å². The van der Waals surface area contributed by atoms with Gasteiger partial charge in [-0.05, 0) is 24.6 Å². The van der Waals surface area contributed by atoms with Crippen LogP contribution in [0, 0.1) is 11.3 Å². The quantitative estimate of drug-likeness (QED) is 0.569. The van der Waals surface area contributed by atoms with E-state index < -0.39 is 6.10 Å². The minimum Gasteiger partial charge on any atom is -0.464 e. The maximum Gasteiger partial charge on any atom is 0.338 e. The number of hydrogen-bond acceptors (Lipinski definition) is 4. The lowest BCUT2D eigenvalue weighted by Crippen LogP contribution is -2.11. The van der Waals surface area contributed by atoms with Gasteiger partial charge in [0.25, 0.3) is 0 Å². The molecule has 1 aliphatic rings. The number of nitrogens with zero attached hydrogens (tertiary/aromatic N) is 1. The number of rotatable bonds is 3. The molecule has 1 aliphatic heterocycles. The molecule has 4 nitrogen and oxygen atoms in total. The molecule has 2 atom stereocenters. The summed E-state index contributed by atoms with van der Waals surface area (Å²) in [7, 11) is 0. The molecule has 0 aliphatic carbocycles. The zero-order valence-electron chi connectivity index (χ0n) is 8.84. The molecule has 2 unspecified atom stereocenters. The largest absolute Gasteiger partial charge is 0.464 e. The summed E-state index contributed by atoms with van der Waals surface area (Å²) in [6, 6.07) is 9.04. The Morgan fingerprint density at radius 2 is 2.19 bits per heavy atom. The summed E-state index contributed by atoms with van der Waals surface area (Å²) in [6.07, 6.45) is -0.695. The summed E-state index contributed by atoms with van der Waals surface area (Å²) in [5.74, 6) is -0.322. The van der Waals surface area contributed by atoms with Crippen LogP contribution in [0.1, 0.15) is 24.2 Å². The summed E-state index contributed by atoms with van der Waals surface area (Å²) in [5, 5.41) is 8.64. The second kappa shape index (κ2) is 4.33. The highest BCUT2D eigenvalue weighted by molar-refractivity contribution is 5.78. The number of nitriles is 1. The summed E-state index contributed by atoms with van der Waals surface area (Å²) in [6.45, 7) is 2.12. The zero-order valence-corrected chi connectivity index (χ0v) is 8.84. The molecule has 0 radical (unpaired) electrons. The predicted molar refractivity (Wildman–Crippen MR) is 55.4 cm³/mol. The SMILES string of the molecule is CCOC(=O)C1OC1c1ccc(C#N)cc1. The van der Waals surface area contributed by atoms with E-state index in [0.717, 1.165) is 5.56 Å². The molecule has 0 N–H and O–H groups in total. The maximum atomic E-state index is 11.3. The molecule has 0 amide bonds. The number of carbonyl (C=O) groups excluding carboxylic acids is 1. The number of benzene rings is 1. The van der Waals surface area contributed by atoms with Crippen molar-refractivity contribution in [2.24, 2.45) is 0 Å². The standard InChI is InChI=1S/C12H11NO3/c1-2-15-12(14)11-10(16-11)9-5-3-8(7-13)4-6-9/h3-6,10-11H,2H2,1H3. The number of esters is 1. The molecule has 0 saturated carbocycles. The Morgan fingerprint density at radius 3 is 2.75 bits per heavy atom. The van der Waals surface area contributed by atoms with Crippen LogP contribution < -0.4 is 0 Å². The van der Waals surface area contributed by atoms with Crippen LogP contribution in [0.3, 0.4) is 0 Å². The number of ether oxygens (including phenoxy) is 2. The van der Waals surface area contributed by atoms with E-state index in [0.29, 0.717) is 12.2 Å². The van der Waals surface area contributed by atoms with E-state index in [1.165, 1.54) is 0 Å². The van der Waals surface area contributed by atoms with Crippen molar-refractivity contribution in [3.63, 3.8) is 0 Å². The Kier molecular flexibility index (Phi) is 2.88. The average Bonchev–Trinajstić information content (AvgIpc) is 3.09. The second-order valence-corrected chi connectivity index (χ2v) is 3.46. The molecular formula is C12H11NO3. The topological polar surface area (TPSA) is 62.6 Å². The van der Waals surface area contributed by atoms with Crippen molar-refractivity contribution in [2.75, 3.05) is 6.61 Å². The van der Waals surface area contributed by atoms with Crippen molar-refractivity contribution in [3.05, 3.63) is 35.4 Å². The van der Waals surface area contributed by atoms with Gasteiger partial charge in [0.2, 0.25) is 0 Å². The third kappa shape index (κ3) is 2.05. The predicted octanol–water partition coefficient (Wildman–Crippen LogP) is 1.56. The molecule has 16 heavy (non-hydrogen) atoms. The van der Waals surface area contributed by atoms with Gasteiger partial charge in [-0.3, -0.25) is 0 Å². The van der Waals surface area contributed by atoms with E-state index in [1.807, 2.05) is 6.07 Å². The van der Waals surface area contributed by atoms with Crippen LogP contribution in [0.5, 0.6) is 0 Å². The minimum absolute atomic E-state index is 0.216. The van der Waals surface area contributed by atoms with E-state index in [9.17, 15) is 4.79 Å². The van der Waals surface area contributed by atoms with Gasteiger partial charge in [0.15, 0.2) is 6.10 Å². The van der Waals surface area contributed by atoms with Crippen LogP contribution in [0.15, 0.2) is 24.3 Å². The second-order valence-electron chi connectivity index (χ2n) is 3.46. The highest BCUT2D eigenvalue weighted by Crippen LogP contribution is 2.39. The molecule has 0 bridgehead atoms. The van der Waals surface area contributed by atoms with Crippen molar-refractivity contribution in [3.8, 4) is 6.07 Å². The van der Waals surface area contributed by atoms with Gasteiger partial charge in [-0.2, -0.15) is 5.26 Å². The first kappa shape index (κ1) is 10.7. The third-order valence-electron chi connectivity index (χ3n) is 2.38. The summed E-state index contributed by atoms with van der Waals surface area (Å²) < 4.78 is 10.1.